The first-order chi connectivity index (χ1) is 16.1. The molecule has 4 amide bonds. The summed E-state index contributed by atoms with van der Waals surface area (Å²) in [4.78, 5) is 45.7. The van der Waals surface area contributed by atoms with E-state index in [-0.39, 0.29) is 44.0 Å². The van der Waals surface area contributed by atoms with Gasteiger partial charge >= 0.3 is 6.03 Å². The van der Waals surface area contributed by atoms with E-state index in [0.29, 0.717) is 18.0 Å². The zero-order chi connectivity index (χ0) is 22.8. The number of piperidine rings is 1. The maximum atomic E-state index is 13.0. The third-order valence-corrected chi connectivity index (χ3v) is 6.42. The van der Waals surface area contributed by atoms with Crippen LogP contribution in [0.3, 0.4) is 0 Å². The van der Waals surface area contributed by atoms with Gasteiger partial charge in [-0.25, -0.2) is 4.79 Å². The molecular weight excluding hydrogens is 424 g/mol. The zero-order valence-corrected chi connectivity index (χ0v) is 18.2. The fourth-order valence-electron chi connectivity index (χ4n) is 4.71. The van der Waals surface area contributed by atoms with E-state index in [9.17, 15) is 14.4 Å². The average molecular weight is 450 g/mol. The summed E-state index contributed by atoms with van der Waals surface area (Å²) in [7, 11) is 0. The molecule has 0 radical (unpaired) electrons. The summed E-state index contributed by atoms with van der Waals surface area (Å²) in [5.41, 5.74) is 1.80. The van der Waals surface area contributed by atoms with Crippen LogP contribution >= 0.6 is 0 Å². The van der Waals surface area contributed by atoms with Gasteiger partial charge in [0, 0.05) is 25.4 Å². The average Bonchev–Trinajstić information content (AvgIpc) is 3.42. The van der Waals surface area contributed by atoms with E-state index in [2.05, 4.69) is 10.3 Å². The highest BCUT2D eigenvalue weighted by Crippen LogP contribution is 2.33. The molecule has 1 aromatic carbocycles. The molecule has 0 spiro atoms. The Morgan fingerprint density at radius 3 is 2.88 bits per heavy atom. The molecule has 0 bridgehead atoms. The van der Waals surface area contributed by atoms with E-state index in [1.165, 1.54) is 4.90 Å². The lowest BCUT2D eigenvalue weighted by Gasteiger charge is -2.36. The molecule has 1 N–H and O–H groups in total. The Morgan fingerprint density at radius 2 is 2.03 bits per heavy atom. The normalized spacial score (nSPS) is 21.9. The van der Waals surface area contributed by atoms with Crippen LogP contribution < -0.4 is 14.8 Å². The first kappa shape index (κ1) is 21.2. The highest BCUT2D eigenvalue weighted by atomic mass is 16.7. The maximum Gasteiger partial charge on any atom is 0.325 e. The lowest BCUT2D eigenvalue weighted by molar-refractivity contribution is -0.135. The second kappa shape index (κ2) is 9.09. The zero-order valence-electron chi connectivity index (χ0n) is 18.2. The van der Waals surface area contributed by atoms with Crippen molar-refractivity contribution in [2.24, 2.45) is 0 Å². The molecule has 9 nitrogen and oxygen atoms in total. The Morgan fingerprint density at radius 1 is 1.15 bits per heavy atom. The van der Waals surface area contributed by atoms with Gasteiger partial charge in [-0.2, -0.15) is 0 Å². The SMILES string of the molecule is O=C1NC(CCC(=O)N2CCCC[C@H]2c2cccnc2)C(=O)N1Cc1ccc2c(c1)OCO2. The van der Waals surface area contributed by atoms with Crippen LogP contribution in [0.4, 0.5) is 4.79 Å². The van der Waals surface area contributed by atoms with Crippen LogP contribution in [0.2, 0.25) is 0 Å². The molecule has 2 fully saturated rings. The molecule has 3 aliphatic heterocycles. The predicted octanol–water partition coefficient (Wildman–Crippen LogP) is 2.76. The molecule has 33 heavy (non-hydrogen) atoms. The minimum absolute atomic E-state index is 0.000164. The molecule has 1 aromatic heterocycles. The predicted molar refractivity (Wildman–Crippen MR) is 117 cm³/mol. The number of ether oxygens (including phenoxy) is 2. The summed E-state index contributed by atoms with van der Waals surface area (Å²) in [6.45, 7) is 0.997. The van der Waals surface area contributed by atoms with Crippen LogP contribution in [-0.4, -0.2) is 52.0 Å². The summed E-state index contributed by atoms with van der Waals surface area (Å²) in [6, 6.07) is 8.10. The number of amides is 4. The topological polar surface area (TPSA) is 101 Å². The molecule has 0 saturated carbocycles. The molecule has 172 valence electrons. The number of rotatable bonds is 6. The van der Waals surface area contributed by atoms with Crippen molar-refractivity contribution in [2.45, 2.75) is 50.7 Å². The molecule has 2 atom stereocenters. The van der Waals surface area contributed by atoms with Gasteiger partial charge in [-0.15, -0.1) is 0 Å². The van der Waals surface area contributed by atoms with Crippen molar-refractivity contribution in [3.63, 3.8) is 0 Å². The number of hydrogen-bond donors (Lipinski definition) is 1. The minimum atomic E-state index is -0.697. The van der Waals surface area contributed by atoms with E-state index in [4.69, 9.17) is 9.47 Å². The van der Waals surface area contributed by atoms with Gasteiger partial charge in [0.15, 0.2) is 11.5 Å². The number of carbonyl (C=O) groups is 3. The van der Waals surface area contributed by atoms with Gasteiger partial charge in [0.1, 0.15) is 6.04 Å². The first-order valence-electron chi connectivity index (χ1n) is 11.3. The van der Waals surface area contributed by atoms with Crippen LogP contribution in [0.5, 0.6) is 11.5 Å². The molecule has 9 heteroatoms. The number of imide groups is 1. The quantitative estimate of drug-likeness (QED) is 0.679. The van der Waals surface area contributed by atoms with Crippen molar-refractivity contribution in [3.8, 4) is 11.5 Å². The highest BCUT2D eigenvalue weighted by Gasteiger charge is 2.38. The lowest BCUT2D eigenvalue weighted by Crippen LogP contribution is -2.39. The van der Waals surface area contributed by atoms with Crippen molar-refractivity contribution in [3.05, 3.63) is 53.9 Å². The van der Waals surface area contributed by atoms with Crippen molar-refractivity contribution in [2.75, 3.05) is 13.3 Å². The minimum Gasteiger partial charge on any atom is -0.454 e. The van der Waals surface area contributed by atoms with Crippen molar-refractivity contribution in [1.29, 1.82) is 0 Å². The van der Waals surface area contributed by atoms with E-state index in [1.54, 1.807) is 24.4 Å². The lowest BCUT2D eigenvalue weighted by atomic mass is 9.95. The number of nitrogens with one attached hydrogen (secondary N) is 1. The molecule has 2 saturated heterocycles. The van der Waals surface area contributed by atoms with Gasteiger partial charge in [-0.05, 0) is 55.0 Å². The largest absolute Gasteiger partial charge is 0.454 e. The molecule has 4 heterocycles. The summed E-state index contributed by atoms with van der Waals surface area (Å²) >= 11 is 0. The molecule has 2 aromatic rings. The smallest absolute Gasteiger partial charge is 0.325 e. The van der Waals surface area contributed by atoms with Gasteiger partial charge in [0.05, 0.1) is 12.6 Å². The molecule has 3 aliphatic rings. The van der Waals surface area contributed by atoms with Gasteiger partial charge in [0.2, 0.25) is 12.7 Å². The number of carbonyl (C=O) groups excluding carboxylic acids is 3. The molecule has 1 unspecified atom stereocenters. The van der Waals surface area contributed by atoms with Crippen LogP contribution in [0, 0.1) is 0 Å². The van der Waals surface area contributed by atoms with Gasteiger partial charge < -0.3 is 19.7 Å². The summed E-state index contributed by atoms with van der Waals surface area (Å²) < 4.78 is 10.7. The van der Waals surface area contributed by atoms with Gasteiger partial charge in [-0.3, -0.25) is 19.5 Å². The Kier molecular flexibility index (Phi) is 5.85. The Balaban J connectivity index is 1.20. The number of aromatic nitrogens is 1. The van der Waals surface area contributed by atoms with E-state index in [1.807, 2.05) is 23.2 Å². The molecule has 5 rings (SSSR count). The Labute approximate surface area is 191 Å². The second-order valence-corrected chi connectivity index (χ2v) is 8.54. The number of benzene rings is 1. The molecular formula is C24H26N4O5. The number of nitrogens with zero attached hydrogens (tertiary/aromatic N) is 3. The molecule has 0 aliphatic carbocycles. The maximum absolute atomic E-state index is 13.0. The monoisotopic (exact) mass is 450 g/mol. The van der Waals surface area contributed by atoms with Gasteiger partial charge in [-0.1, -0.05) is 12.1 Å². The van der Waals surface area contributed by atoms with Crippen molar-refractivity contribution in [1.82, 2.24) is 20.1 Å². The van der Waals surface area contributed by atoms with Gasteiger partial charge in [0.25, 0.3) is 5.91 Å². The standard InChI is InChI=1S/C24H26N4O5/c29-22(27-11-2-1-5-19(27)17-4-3-10-25-13-17)9-7-18-23(30)28(24(31)26-18)14-16-6-8-20-21(12-16)33-15-32-20/h3-4,6,8,10,12-13,18-19H,1-2,5,7,9,11,14-15H2,(H,26,31)/t18?,19-/m0/s1. The fraction of sp³-hybridized carbons (Fsp3) is 0.417. The Bertz CT molecular complexity index is 1060. The summed E-state index contributed by atoms with van der Waals surface area (Å²) in [5.74, 6) is 0.939. The van der Waals surface area contributed by atoms with Crippen molar-refractivity contribution < 1.29 is 23.9 Å². The first-order valence-corrected chi connectivity index (χ1v) is 11.3. The van der Waals surface area contributed by atoms with Crippen LogP contribution in [0.25, 0.3) is 0 Å². The number of fused-ring (bicyclic) bond motifs is 1. The van der Waals surface area contributed by atoms with E-state index >= 15 is 0 Å². The second-order valence-electron chi connectivity index (χ2n) is 8.54. The van der Waals surface area contributed by atoms with Crippen LogP contribution in [0.15, 0.2) is 42.7 Å². The fourth-order valence-corrected chi connectivity index (χ4v) is 4.71. The third-order valence-electron chi connectivity index (χ3n) is 6.42. The number of likely N-dealkylation sites (tertiary alicyclic amines) is 1. The Hall–Kier alpha value is -3.62. The number of pyridine rings is 1. The third kappa shape index (κ3) is 4.35. The number of hydrogen-bond acceptors (Lipinski definition) is 6. The highest BCUT2D eigenvalue weighted by molar-refractivity contribution is 6.04. The van der Waals surface area contributed by atoms with E-state index < -0.39 is 12.1 Å². The van der Waals surface area contributed by atoms with Crippen LogP contribution in [-0.2, 0) is 16.1 Å². The van der Waals surface area contributed by atoms with Crippen molar-refractivity contribution >= 4 is 17.8 Å². The van der Waals surface area contributed by atoms with Crippen LogP contribution in [0.1, 0.15) is 49.3 Å². The summed E-state index contributed by atoms with van der Waals surface area (Å²) in [6.07, 6.45) is 6.94. The van der Waals surface area contributed by atoms with E-state index in [0.717, 1.165) is 30.4 Å². The summed E-state index contributed by atoms with van der Waals surface area (Å²) in [5, 5.41) is 2.73. The number of urea groups is 1.